The van der Waals surface area contributed by atoms with Gasteiger partial charge in [-0.3, -0.25) is 4.79 Å². The van der Waals surface area contributed by atoms with Crippen LogP contribution in [-0.2, 0) is 11.4 Å². The van der Waals surface area contributed by atoms with Crippen molar-refractivity contribution in [1.82, 2.24) is 4.90 Å². The molecule has 0 saturated carbocycles. The van der Waals surface area contributed by atoms with Crippen LogP contribution in [0.4, 0.5) is 0 Å². The highest BCUT2D eigenvalue weighted by molar-refractivity contribution is 5.77. The Kier molecular flexibility index (Phi) is 7.61. The Labute approximate surface area is 126 Å². The summed E-state index contributed by atoms with van der Waals surface area (Å²) in [6.07, 6.45) is 0.915. The molecule has 0 radical (unpaired) electrons. The first-order chi connectivity index (χ1) is 10.2. The predicted octanol–water partition coefficient (Wildman–Crippen LogP) is 2.21. The van der Waals surface area contributed by atoms with E-state index in [0.717, 1.165) is 6.42 Å². The molecule has 1 N–H and O–H groups in total. The summed E-state index contributed by atoms with van der Waals surface area (Å²) in [6.45, 7) is 7.66. The second-order valence-electron chi connectivity index (χ2n) is 4.63. The van der Waals surface area contributed by atoms with Gasteiger partial charge in [-0.1, -0.05) is 6.92 Å². The first-order valence-corrected chi connectivity index (χ1v) is 7.43. The molecule has 0 unspecified atom stereocenters. The van der Waals surface area contributed by atoms with Crippen LogP contribution in [0.15, 0.2) is 18.2 Å². The minimum absolute atomic E-state index is 0.0358. The summed E-state index contributed by atoms with van der Waals surface area (Å²) in [5, 5.41) is 9.34. The molecular weight excluding hydrogens is 270 g/mol. The van der Waals surface area contributed by atoms with Gasteiger partial charge in [0.05, 0.1) is 13.2 Å². The molecule has 118 valence electrons. The second kappa shape index (κ2) is 9.23. The average Bonchev–Trinajstić information content (AvgIpc) is 2.52. The highest BCUT2D eigenvalue weighted by Crippen LogP contribution is 2.25. The lowest BCUT2D eigenvalue weighted by Crippen LogP contribution is -2.34. The molecule has 0 aliphatic heterocycles. The van der Waals surface area contributed by atoms with E-state index in [1.807, 2.05) is 20.8 Å². The van der Waals surface area contributed by atoms with Crippen LogP contribution in [0.1, 0.15) is 32.8 Å². The van der Waals surface area contributed by atoms with Crippen LogP contribution in [0, 0.1) is 0 Å². The standard InChI is InChI=1S/C16H25NO4/c1-4-9-20-14-8-7-13(11-18)15(10-14)21-12-16(19)17(5-2)6-3/h7-8,10,18H,4-6,9,11-12H2,1-3H3. The van der Waals surface area contributed by atoms with Gasteiger partial charge in [0, 0.05) is 24.7 Å². The van der Waals surface area contributed by atoms with Crippen molar-refractivity contribution in [1.29, 1.82) is 0 Å². The van der Waals surface area contributed by atoms with Crippen LogP contribution >= 0.6 is 0 Å². The number of benzene rings is 1. The van der Waals surface area contributed by atoms with Crippen molar-refractivity contribution in [3.05, 3.63) is 23.8 Å². The first kappa shape index (κ1) is 17.3. The first-order valence-electron chi connectivity index (χ1n) is 7.43. The van der Waals surface area contributed by atoms with E-state index in [4.69, 9.17) is 9.47 Å². The van der Waals surface area contributed by atoms with Gasteiger partial charge >= 0.3 is 0 Å². The number of rotatable bonds is 9. The molecule has 5 nitrogen and oxygen atoms in total. The fourth-order valence-electron chi connectivity index (χ4n) is 1.92. The minimum Gasteiger partial charge on any atom is -0.493 e. The van der Waals surface area contributed by atoms with Gasteiger partial charge in [-0.25, -0.2) is 0 Å². The van der Waals surface area contributed by atoms with Crippen LogP contribution in [0.25, 0.3) is 0 Å². The Balaban J connectivity index is 2.73. The molecule has 0 bridgehead atoms. The number of hydrogen-bond donors (Lipinski definition) is 1. The Morgan fingerprint density at radius 2 is 1.90 bits per heavy atom. The van der Waals surface area contributed by atoms with Crippen molar-refractivity contribution in [2.24, 2.45) is 0 Å². The van der Waals surface area contributed by atoms with Gasteiger partial charge in [-0.2, -0.15) is 0 Å². The summed E-state index contributed by atoms with van der Waals surface area (Å²) in [5.74, 6) is 1.11. The van der Waals surface area contributed by atoms with Crippen molar-refractivity contribution in [3.8, 4) is 11.5 Å². The summed E-state index contributed by atoms with van der Waals surface area (Å²) < 4.78 is 11.1. The normalized spacial score (nSPS) is 10.3. The molecule has 0 aliphatic carbocycles. The second-order valence-corrected chi connectivity index (χ2v) is 4.63. The quantitative estimate of drug-likeness (QED) is 0.759. The highest BCUT2D eigenvalue weighted by Gasteiger charge is 2.12. The van der Waals surface area contributed by atoms with Crippen molar-refractivity contribution in [2.75, 3.05) is 26.3 Å². The van der Waals surface area contributed by atoms with Crippen LogP contribution in [-0.4, -0.2) is 42.2 Å². The number of aliphatic hydroxyl groups is 1. The zero-order valence-electron chi connectivity index (χ0n) is 13.1. The molecule has 5 heteroatoms. The van der Waals surface area contributed by atoms with Crippen LogP contribution in [0.5, 0.6) is 11.5 Å². The van der Waals surface area contributed by atoms with E-state index in [-0.39, 0.29) is 19.1 Å². The molecule has 1 amide bonds. The van der Waals surface area contributed by atoms with Crippen molar-refractivity contribution >= 4 is 5.91 Å². The van der Waals surface area contributed by atoms with Gasteiger partial charge < -0.3 is 19.5 Å². The summed E-state index contributed by atoms with van der Waals surface area (Å²) in [7, 11) is 0. The van der Waals surface area contributed by atoms with Gasteiger partial charge in [-0.05, 0) is 32.4 Å². The molecular formula is C16H25NO4. The maximum absolute atomic E-state index is 11.9. The van der Waals surface area contributed by atoms with E-state index in [0.29, 0.717) is 36.8 Å². The van der Waals surface area contributed by atoms with Crippen molar-refractivity contribution in [2.45, 2.75) is 33.8 Å². The van der Waals surface area contributed by atoms with E-state index in [1.165, 1.54) is 0 Å². The van der Waals surface area contributed by atoms with E-state index >= 15 is 0 Å². The van der Waals surface area contributed by atoms with Crippen molar-refractivity contribution < 1.29 is 19.4 Å². The number of ether oxygens (including phenoxy) is 2. The Morgan fingerprint density at radius 3 is 2.48 bits per heavy atom. The number of amides is 1. The van der Waals surface area contributed by atoms with Gasteiger partial charge in [-0.15, -0.1) is 0 Å². The molecule has 0 fully saturated rings. The van der Waals surface area contributed by atoms with Crippen LogP contribution in [0.2, 0.25) is 0 Å². The Bertz CT molecular complexity index is 444. The molecule has 0 aliphatic rings. The van der Waals surface area contributed by atoms with Gasteiger partial charge in [0.2, 0.25) is 0 Å². The van der Waals surface area contributed by atoms with Gasteiger partial charge in [0.1, 0.15) is 11.5 Å². The third-order valence-corrected chi connectivity index (χ3v) is 3.15. The minimum atomic E-state index is -0.136. The topological polar surface area (TPSA) is 59.0 Å². The number of nitrogens with zero attached hydrogens (tertiary/aromatic N) is 1. The van der Waals surface area contributed by atoms with E-state index in [9.17, 15) is 9.90 Å². The maximum Gasteiger partial charge on any atom is 0.260 e. The number of aliphatic hydroxyl groups excluding tert-OH is 1. The molecule has 0 spiro atoms. The summed E-state index contributed by atoms with van der Waals surface area (Å²) in [5.41, 5.74) is 0.645. The number of hydrogen-bond acceptors (Lipinski definition) is 4. The largest absolute Gasteiger partial charge is 0.493 e. The maximum atomic E-state index is 11.9. The number of carbonyl (C=O) groups excluding carboxylic acids is 1. The number of likely N-dealkylation sites (N-methyl/N-ethyl adjacent to an activating group) is 1. The summed E-state index contributed by atoms with van der Waals surface area (Å²) >= 11 is 0. The average molecular weight is 295 g/mol. The lowest BCUT2D eigenvalue weighted by Gasteiger charge is -2.19. The third-order valence-electron chi connectivity index (χ3n) is 3.15. The number of carbonyl (C=O) groups is 1. The van der Waals surface area contributed by atoms with Crippen LogP contribution < -0.4 is 9.47 Å². The molecule has 0 atom stereocenters. The zero-order chi connectivity index (χ0) is 15.7. The molecule has 1 rings (SSSR count). The van der Waals surface area contributed by atoms with Crippen molar-refractivity contribution in [3.63, 3.8) is 0 Å². The molecule has 1 aromatic carbocycles. The third kappa shape index (κ3) is 5.27. The Morgan fingerprint density at radius 1 is 1.19 bits per heavy atom. The van der Waals surface area contributed by atoms with E-state index in [2.05, 4.69) is 0 Å². The summed E-state index contributed by atoms with van der Waals surface area (Å²) in [6, 6.07) is 5.26. The van der Waals surface area contributed by atoms with E-state index < -0.39 is 0 Å². The lowest BCUT2D eigenvalue weighted by molar-refractivity contribution is -0.133. The monoisotopic (exact) mass is 295 g/mol. The summed E-state index contributed by atoms with van der Waals surface area (Å²) in [4.78, 5) is 13.6. The predicted molar refractivity (Wildman–Crippen MR) is 81.6 cm³/mol. The van der Waals surface area contributed by atoms with E-state index in [1.54, 1.807) is 23.1 Å². The fourth-order valence-corrected chi connectivity index (χ4v) is 1.92. The molecule has 21 heavy (non-hydrogen) atoms. The smallest absolute Gasteiger partial charge is 0.260 e. The lowest BCUT2D eigenvalue weighted by atomic mass is 10.2. The Hall–Kier alpha value is -1.75. The van der Waals surface area contributed by atoms with Gasteiger partial charge in [0.25, 0.3) is 5.91 Å². The fraction of sp³-hybridized carbons (Fsp3) is 0.562. The van der Waals surface area contributed by atoms with Gasteiger partial charge in [0.15, 0.2) is 6.61 Å². The molecule has 0 aromatic heterocycles. The molecule has 1 aromatic rings. The zero-order valence-corrected chi connectivity index (χ0v) is 13.1. The molecule has 0 saturated heterocycles. The van der Waals surface area contributed by atoms with Crippen LogP contribution in [0.3, 0.4) is 0 Å². The SMILES string of the molecule is CCCOc1ccc(CO)c(OCC(=O)N(CC)CC)c1. The highest BCUT2D eigenvalue weighted by atomic mass is 16.5. The molecule has 0 heterocycles.